The Kier molecular flexibility index (Phi) is 13.0. The molecule has 1 aromatic rings. The predicted octanol–water partition coefficient (Wildman–Crippen LogP) is 3.35. The third-order valence-electron chi connectivity index (χ3n) is 2.70. The highest BCUT2D eigenvalue weighted by Gasteiger charge is 2.08. The molecule has 0 saturated carbocycles. The maximum atomic E-state index is 10.5. The number of thioether (sulfide) groups is 1. The first-order valence-electron chi connectivity index (χ1n) is 7.63. The summed E-state index contributed by atoms with van der Waals surface area (Å²) in [7, 11) is 0. The van der Waals surface area contributed by atoms with Crippen LogP contribution in [0.25, 0.3) is 0 Å². The van der Waals surface area contributed by atoms with Crippen molar-refractivity contribution in [2.45, 2.75) is 19.1 Å². The predicted molar refractivity (Wildman–Crippen MR) is 108 cm³/mol. The monoisotopic (exact) mass is 380 g/mol. The van der Waals surface area contributed by atoms with Gasteiger partial charge in [0.05, 0.1) is 13.3 Å². The zero-order valence-electron chi connectivity index (χ0n) is 14.5. The standard InChI is InChI=1S/C11H14OS2.C7H10N2O2/c1-3-12-11(13)14-9(2)10-7-5-4-6-8-10;1-3-6(10)8-5-9-7(11)4-2/h4-9H,3H2,1-2H3;3-4H,1-2,5H2,(H,8,10)(H,9,11). The molecule has 0 spiro atoms. The van der Waals surface area contributed by atoms with Gasteiger partial charge in [-0.15, -0.1) is 0 Å². The lowest BCUT2D eigenvalue weighted by Crippen LogP contribution is -2.35. The number of hydrogen-bond acceptors (Lipinski definition) is 5. The lowest BCUT2D eigenvalue weighted by Gasteiger charge is -2.11. The Balaban J connectivity index is 0.000000477. The summed E-state index contributed by atoms with van der Waals surface area (Å²) in [6.45, 7) is 11.3. The van der Waals surface area contributed by atoms with Gasteiger partial charge >= 0.3 is 0 Å². The molecule has 0 aromatic heterocycles. The summed E-state index contributed by atoms with van der Waals surface area (Å²) in [6, 6.07) is 10.3. The minimum atomic E-state index is -0.325. The molecule has 1 rings (SSSR count). The molecule has 0 aliphatic rings. The molecule has 2 amide bonds. The van der Waals surface area contributed by atoms with Crippen molar-refractivity contribution in [3.05, 3.63) is 61.2 Å². The van der Waals surface area contributed by atoms with Crippen molar-refractivity contribution in [1.29, 1.82) is 0 Å². The van der Waals surface area contributed by atoms with E-state index in [0.717, 1.165) is 12.2 Å². The number of ether oxygens (including phenoxy) is 1. The molecule has 0 aliphatic carbocycles. The van der Waals surface area contributed by atoms with E-state index >= 15 is 0 Å². The van der Waals surface area contributed by atoms with Crippen LogP contribution in [0.5, 0.6) is 0 Å². The molecular weight excluding hydrogens is 356 g/mol. The van der Waals surface area contributed by atoms with Crippen LogP contribution in [-0.2, 0) is 14.3 Å². The molecule has 2 N–H and O–H groups in total. The summed E-state index contributed by atoms with van der Waals surface area (Å²) in [4.78, 5) is 21.0. The second-order valence-corrected chi connectivity index (χ2v) is 6.46. The summed E-state index contributed by atoms with van der Waals surface area (Å²) in [5, 5.41) is 5.08. The number of rotatable bonds is 7. The van der Waals surface area contributed by atoms with Gasteiger partial charge in [-0.05, 0) is 43.8 Å². The van der Waals surface area contributed by atoms with Crippen LogP contribution in [0, 0.1) is 0 Å². The highest BCUT2D eigenvalue weighted by molar-refractivity contribution is 8.22. The van der Waals surface area contributed by atoms with Crippen molar-refractivity contribution in [1.82, 2.24) is 10.6 Å². The second-order valence-electron chi connectivity index (χ2n) is 4.52. The van der Waals surface area contributed by atoms with Gasteiger partial charge in [-0.3, -0.25) is 9.59 Å². The molecule has 0 bridgehead atoms. The molecule has 136 valence electrons. The lowest BCUT2D eigenvalue weighted by atomic mass is 10.2. The van der Waals surface area contributed by atoms with E-state index < -0.39 is 0 Å². The van der Waals surface area contributed by atoms with E-state index in [2.05, 4.69) is 42.8 Å². The van der Waals surface area contributed by atoms with Gasteiger partial charge in [0.1, 0.15) is 0 Å². The van der Waals surface area contributed by atoms with Crippen LogP contribution in [0.3, 0.4) is 0 Å². The normalized spacial score (nSPS) is 10.3. The van der Waals surface area contributed by atoms with Gasteiger partial charge in [0.25, 0.3) is 0 Å². The average molecular weight is 381 g/mol. The largest absolute Gasteiger partial charge is 0.479 e. The van der Waals surface area contributed by atoms with E-state index in [-0.39, 0.29) is 18.5 Å². The van der Waals surface area contributed by atoms with Crippen LogP contribution in [-0.4, -0.2) is 29.5 Å². The van der Waals surface area contributed by atoms with Crippen molar-refractivity contribution in [2.75, 3.05) is 13.3 Å². The molecule has 7 heteroatoms. The molecule has 0 heterocycles. The van der Waals surface area contributed by atoms with Crippen LogP contribution >= 0.6 is 24.0 Å². The van der Waals surface area contributed by atoms with Crippen molar-refractivity contribution in [3.8, 4) is 0 Å². The Morgan fingerprint density at radius 2 is 1.72 bits per heavy atom. The molecule has 1 aromatic carbocycles. The molecule has 1 atom stereocenters. The minimum Gasteiger partial charge on any atom is -0.479 e. The number of hydrogen-bond donors (Lipinski definition) is 2. The van der Waals surface area contributed by atoms with Crippen molar-refractivity contribution in [3.63, 3.8) is 0 Å². The molecular formula is C18H24N2O3S2. The van der Waals surface area contributed by atoms with E-state index in [1.165, 1.54) is 5.56 Å². The molecule has 5 nitrogen and oxygen atoms in total. The summed E-state index contributed by atoms with van der Waals surface area (Å²) in [5.41, 5.74) is 1.28. The van der Waals surface area contributed by atoms with Gasteiger partial charge in [-0.1, -0.05) is 55.3 Å². The first-order valence-corrected chi connectivity index (χ1v) is 8.92. The number of thiocarbonyl (C=S) groups is 1. The summed E-state index contributed by atoms with van der Waals surface area (Å²) in [5.74, 6) is -0.649. The number of carbonyl (C=O) groups is 2. The highest BCUT2D eigenvalue weighted by atomic mass is 32.2. The van der Waals surface area contributed by atoms with Crippen molar-refractivity contribution >= 4 is 40.2 Å². The summed E-state index contributed by atoms with van der Waals surface area (Å²) >= 11 is 6.66. The third-order valence-corrected chi connectivity index (χ3v) is 4.04. The molecule has 25 heavy (non-hydrogen) atoms. The zero-order valence-corrected chi connectivity index (χ0v) is 16.1. The summed E-state index contributed by atoms with van der Waals surface area (Å²) in [6.07, 6.45) is 2.25. The molecule has 1 unspecified atom stereocenters. The third kappa shape index (κ3) is 12.0. The average Bonchev–Trinajstić information content (AvgIpc) is 2.62. The summed E-state index contributed by atoms with van der Waals surface area (Å²) < 4.78 is 5.86. The first kappa shape index (κ1) is 22.9. The van der Waals surface area contributed by atoms with E-state index in [1.54, 1.807) is 11.8 Å². The first-order chi connectivity index (χ1) is 11.9. The SMILES string of the molecule is C=CC(=O)NCNC(=O)C=C.CCOC(=S)SC(C)c1ccccc1. The van der Waals surface area contributed by atoms with Gasteiger partial charge in [-0.2, -0.15) is 0 Å². The van der Waals surface area contributed by atoms with E-state index in [1.807, 2.05) is 25.1 Å². The Labute approximate surface area is 158 Å². The Morgan fingerprint density at radius 1 is 1.20 bits per heavy atom. The van der Waals surface area contributed by atoms with Crippen LogP contribution < -0.4 is 10.6 Å². The zero-order chi connectivity index (χ0) is 19.1. The topological polar surface area (TPSA) is 67.4 Å². The van der Waals surface area contributed by atoms with Gasteiger partial charge in [0.15, 0.2) is 0 Å². The number of benzene rings is 1. The maximum absolute atomic E-state index is 10.5. The fourth-order valence-electron chi connectivity index (χ4n) is 1.45. The fraction of sp³-hybridized carbons (Fsp3) is 0.278. The minimum absolute atomic E-state index is 0.0930. The van der Waals surface area contributed by atoms with E-state index in [4.69, 9.17) is 17.0 Å². The number of amides is 2. The quantitative estimate of drug-likeness (QED) is 0.431. The van der Waals surface area contributed by atoms with Crippen molar-refractivity contribution < 1.29 is 14.3 Å². The van der Waals surface area contributed by atoms with Crippen LogP contribution in [0.4, 0.5) is 0 Å². The smallest absolute Gasteiger partial charge is 0.244 e. The van der Waals surface area contributed by atoms with Gasteiger partial charge in [-0.25, -0.2) is 0 Å². The number of carbonyl (C=O) groups excluding carboxylic acids is 2. The van der Waals surface area contributed by atoms with Gasteiger partial charge in [0, 0.05) is 5.25 Å². The number of nitrogens with one attached hydrogen (secondary N) is 2. The van der Waals surface area contributed by atoms with E-state index in [9.17, 15) is 9.59 Å². The van der Waals surface area contributed by atoms with Gasteiger partial charge in [0.2, 0.25) is 16.2 Å². The van der Waals surface area contributed by atoms with Crippen LogP contribution in [0.15, 0.2) is 55.6 Å². The van der Waals surface area contributed by atoms with Crippen LogP contribution in [0.1, 0.15) is 24.7 Å². The van der Waals surface area contributed by atoms with Gasteiger partial charge < -0.3 is 15.4 Å². The second kappa shape index (κ2) is 14.2. The molecule has 0 aliphatic heterocycles. The van der Waals surface area contributed by atoms with Crippen LogP contribution in [0.2, 0.25) is 0 Å². The molecule has 0 saturated heterocycles. The molecule has 0 radical (unpaired) electrons. The Morgan fingerprint density at radius 3 is 2.16 bits per heavy atom. The van der Waals surface area contributed by atoms with Crippen molar-refractivity contribution in [2.24, 2.45) is 0 Å². The molecule has 0 fully saturated rings. The highest BCUT2D eigenvalue weighted by Crippen LogP contribution is 2.29. The maximum Gasteiger partial charge on any atom is 0.244 e. The Hall–Kier alpha value is -2.12. The Bertz CT molecular complexity index is 557. The van der Waals surface area contributed by atoms with E-state index in [0.29, 0.717) is 16.2 Å². The lowest BCUT2D eigenvalue weighted by molar-refractivity contribution is -0.118. The fourth-order valence-corrected chi connectivity index (χ4v) is 2.77.